The van der Waals surface area contributed by atoms with Gasteiger partial charge in [0.05, 0.1) is 0 Å². The average Bonchev–Trinajstić information content (AvgIpc) is 1.96. The van der Waals surface area contributed by atoms with Gasteiger partial charge in [-0.2, -0.15) is 0 Å². The van der Waals surface area contributed by atoms with Gasteiger partial charge in [0.1, 0.15) is 0 Å². The molecule has 0 bridgehead atoms. The first-order chi connectivity index (χ1) is 4.00. The second kappa shape index (κ2) is 22.4. The molecule has 0 heterocycles. The van der Waals surface area contributed by atoms with Crippen molar-refractivity contribution in [1.82, 2.24) is 0 Å². The van der Waals surface area contributed by atoms with Gasteiger partial charge in [-0.25, -0.2) is 0 Å². The summed E-state index contributed by atoms with van der Waals surface area (Å²) < 4.78 is 0. The van der Waals surface area contributed by atoms with Crippen molar-refractivity contribution < 1.29 is 0 Å². The molecule has 0 N–H and O–H groups in total. The summed E-state index contributed by atoms with van der Waals surface area (Å²) >= 11 is 0. The molecule has 0 amide bonds. The first kappa shape index (κ1) is 22.5. The summed E-state index contributed by atoms with van der Waals surface area (Å²) in [7, 11) is 1.31. The van der Waals surface area contributed by atoms with Crippen LogP contribution in [0.1, 0.15) is 0 Å². The molecule has 0 aromatic heterocycles. The van der Waals surface area contributed by atoms with Gasteiger partial charge in [0, 0.05) is 0 Å². The van der Waals surface area contributed by atoms with E-state index in [-0.39, 0.29) is 37.2 Å². The number of hydrogen-bond acceptors (Lipinski definition) is 0. The third kappa shape index (κ3) is 17.9. The molecule has 0 aliphatic rings. The van der Waals surface area contributed by atoms with Crippen molar-refractivity contribution in [3.63, 3.8) is 0 Å². The second-order valence-electron chi connectivity index (χ2n) is 1.15. The molecule has 4 heteroatoms. The minimum Gasteiger partial charge on any atom is -0.147 e. The van der Waals surface area contributed by atoms with Crippen molar-refractivity contribution in [1.29, 1.82) is 0 Å². The summed E-state index contributed by atoms with van der Waals surface area (Å²) in [5.41, 5.74) is 0. The maximum Gasteiger partial charge on any atom is -0.000585 e. The van der Waals surface area contributed by atoms with E-state index < -0.39 is 0 Å². The van der Waals surface area contributed by atoms with Crippen molar-refractivity contribution in [2.75, 3.05) is 0 Å². The fourth-order valence-electron chi connectivity index (χ4n) is 0.385. The summed E-state index contributed by atoms with van der Waals surface area (Å²) in [4.78, 5) is 0. The molecule has 1 aromatic carbocycles. The van der Waals surface area contributed by atoms with Gasteiger partial charge in [-0.3, -0.25) is 0 Å². The van der Waals surface area contributed by atoms with E-state index in [9.17, 15) is 0 Å². The summed E-state index contributed by atoms with van der Waals surface area (Å²) in [5, 5.41) is 0. The van der Waals surface area contributed by atoms with E-state index >= 15 is 0 Å². The molecule has 0 radical (unpaired) electrons. The lowest BCUT2D eigenvalue weighted by Gasteiger charge is -1.69. The van der Waals surface area contributed by atoms with Crippen LogP contribution in [-0.4, -0.2) is 10.2 Å². The summed E-state index contributed by atoms with van der Waals surface area (Å²) in [6.45, 7) is 2.14. The molecule has 0 fully saturated rings. The Labute approximate surface area is 90.4 Å². The monoisotopic (exact) mass is 232 g/mol. The number of hydrogen-bond donors (Lipinski definition) is 0. The van der Waals surface area contributed by atoms with Crippen LogP contribution in [0.15, 0.2) is 36.4 Å². The molecular weight excluding hydrogens is 219 g/mol. The first-order valence-electron chi connectivity index (χ1n) is 3.00. The largest absolute Gasteiger partial charge is 0.147 e. The van der Waals surface area contributed by atoms with E-state index in [0.717, 1.165) is 0 Å². The van der Waals surface area contributed by atoms with Gasteiger partial charge in [0.2, 0.25) is 0 Å². The molecule has 0 aliphatic heterocycles. The van der Waals surface area contributed by atoms with Crippen LogP contribution in [-0.2, 0) is 0 Å². The first-order valence-corrected chi connectivity index (χ1v) is 5.00. The van der Waals surface area contributed by atoms with E-state index in [2.05, 4.69) is 6.55 Å². The Morgan fingerprint density at radius 3 is 0.727 bits per heavy atom. The molecule has 0 spiro atoms. The van der Waals surface area contributed by atoms with Crippen molar-refractivity contribution >= 4 is 47.5 Å². The zero-order chi connectivity index (χ0) is 6.24. The quantitative estimate of drug-likeness (QED) is 0.604. The van der Waals surface area contributed by atoms with Gasteiger partial charge < -0.3 is 0 Å². The molecule has 1 rings (SSSR count). The lowest BCUT2D eigenvalue weighted by molar-refractivity contribution is 1.72. The van der Waals surface area contributed by atoms with Gasteiger partial charge in [-0.05, 0) is 10.2 Å². The fraction of sp³-hybridized carbons (Fsp3) is 0.143. The van der Waals surface area contributed by atoms with Gasteiger partial charge >= 0.3 is 0 Å². The minimum absolute atomic E-state index is 0. The molecule has 0 aliphatic carbocycles. The Morgan fingerprint density at radius 1 is 0.545 bits per heavy atom. The summed E-state index contributed by atoms with van der Waals surface area (Å²) in [5.74, 6) is 0. The van der Waals surface area contributed by atoms with Crippen LogP contribution in [0.4, 0.5) is 0 Å². The van der Waals surface area contributed by atoms with Crippen LogP contribution in [0, 0.1) is 0 Å². The predicted octanol–water partition coefficient (Wildman–Crippen LogP) is 2.35. The predicted molar refractivity (Wildman–Crippen MR) is 64.0 cm³/mol. The highest BCUT2D eigenvalue weighted by atomic mass is 35.5. The molecule has 68 valence electrons. The van der Waals surface area contributed by atoms with E-state index in [4.69, 9.17) is 0 Å². The zero-order valence-corrected chi connectivity index (χ0v) is 11.1. The highest BCUT2D eigenvalue weighted by Crippen LogP contribution is 1.79. The highest BCUT2D eigenvalue weighted by Gasteiger charge is 1.57. The third-order valence-electron chi connectivity index (χ3n) is 0.667. The van der Waals surface area contributed by atoms with Gasteiger partial charge in [0.25, 0.3) is 0 Å². The van der Waals surface area contributed by atoms with E-state index in [1.54, 1.807) is 0 Å². The lowest BCUT2D eigenvalue weighted by atomic mass is 10.4. The Bertz CT molecular complexity index is 85.6. The minimum atomic E-state index is 0. The molecule has 0 saturated carbocycles. The van der Waals surface area contributed by atoms with Crippen molar-refractivity contribution in [2.24, 2.45) is 0 Å². The van der Waals surface area contributed by atoms with Crippen LogP contribution in [0.3, 0.4) is 0 Å². The van der Waals surface area contributed by atoms with Crippen molar-refractivity contribution in [3.8, 4) is 0 Å². The van der Waals surface area contributed by atoms with Crippen LogP contribution < -0.4 is 0 Å². The molecule has 11 heavy (non-hydrogen) atoms. The van der Waals surface area contributed by atoms with Crippen molar-refractivity contribution in [3.05, 3.63) is 36.4 Å². The van der Waals surface area contributed by atoms with Gasteiger partial charge in [0.15, 0.2) is 0 Å². The van der Waals surface area contributed by atoms with Crippen molar-refractivity contribution in [2.45, 2.75) is 6.55 Å². The molecule has 1 aromatic rings. The topological polar surface area (TPSA) is 0 Å². The highest BCUT2D eigenvalue weighted by molar-refractivity contribution is 6.05. The van der Waals surface area contributed by atoms with Crippen LogP contribution >= 0.6 is 37.2 Å². The number of halogens is 3. The maximum atomic E-state index is 2.14. The Balaban J connectivity index is -0.0000000459. The third-order valence-corrected chi connectivity index (χ3v) is 0.667. The van der Waals surface area contributed by atoms with Crippen LogP contribution in [0.5, 0.6) is 0 Å². The number of benzene rings is 1. The Kier molecular flexibility index (Phi) is 45.9. The van der Waals surface area contributed by atoms with E-state index in [1.807, 2.05) is 36.4 Å². The lowest BCUT2D eigenvalue weighted by Crippen LogP contribution is -1.47. The zero-order valence-electron chi connectivity index (χ0n) is 6.69. The smallest absolute Gasteiger partial charge is 0.000585 e. The average molecular weight is 234 g/mol. The molecule has 0 atom stereocenters. The Hall–Kier alpha value is 0.307. The Morgan fingerprint density at radius 2 is 0.636 bits per heavy atom. The molecule has 0 nitrogen and oxygen atoms in total. The standard InChI is InChI=1S/C6H6.CH6Si.3ClH/c1-2-4-6-5-3-1;1-2;;;/h1-6H;1-2H3;3*1H. The van der Waals surface area contributed by atoms with Crippen LogP contribution in [0.25, 0.3) is 0 Å². The normalized spacial score (nSPS) is 5.18. The molecule has 0 unspecified atom stereocenters. The van der Waals surface area contributed by atoms with E-state index in [1.165, 1.54) is 10.2 Å². The van der Waals surface area contributed by atoms with Gasteiger partial charge in [-0.15, -0.1) is 37.2 Å². The maximum absolute atomic E-state index is 2.14. The molecule has 0 saturated heterocycles. The van der Waals surface area contributed by atoms with Gasteiger partial charge in [-0.1, -0.05) is 42.9 Å². The fourth-order valence-corrected chi connectivity index (χ4v) is 0.385. The van der Waals surface area contributed by atoms with E-state index in [0.29, 0.717) is 0 Å². The summed E-state index contributed by atoms with van der Waals surface area (Å²) in [6, 6.07) is 12.0. The summed E-state index contributed by atoms with van der Waals surface area (Å²) in [6.07, 6.45) is 0. The number of rotatable bonds is 0. The SMILES string of the molecule is C[SiH3].Cl.Cl.Cl.c1ccccc1. The van der Waals surface area contributed by atoms with Crippen LogP contribution in [0.2, 0.25) is 6.55 Å². The molecular formula is C7H15Cl3Si. The second-order valence-corrected chi connectivity index (χ2v) is 1.15.